The molecule has 5 rings (SSSR count). The summed E-state index contributed by atoms with van der Waals surface area (Å²) in [6.45, 7) is 9.96. The number of ether oxygens (including phenoxy) is 2. The minimum absolute atomic E-state index is 0.0160. The average Bonchev–Trinajstić information content (AvgIpc) is 3.52. The van der Waals surface area contributed by atoms with Gasteiger partial charge >= 0.3 is 12.2 Å². The lowest BCUT2D eigenvalue weighted by Gasteiger charge is -2.30. The minimum Gasteiger partial charge on any atom is -0.453 e. The second-order valence-electron chi connectivity index (χ2n) is 16.3. The van der Waals surface area contributed by atoms with Crippen LogP contribution in [0, 0.1) is 23.7 Å². The number of aryl methyl sites for hydroxylation is 1. The van der Waals surface area contributed by atoms with Gasteiger partial charge in [0, 0.05) is 19.4 Å². The number of Topliss-reactive ketones (excluding diaryl/α,β-unsaturated/α-hetero) is 1. The summed E-state index contributed by atoms with van der Waals surface area (Å²) in [5, 5.41) is 8.40. The van der Waals surface area contributed by atoms with E-state index >= 15 is 0 Å². The van der Waals surface area contributed by atoms with Gasteiger partial charge in [-0.05, 0) is 78.5 Å². The van der Waals surface area contributed by atoms with Crippen molar-refractivity contribution in [3.63, 3.8) is 0 Å². The van der Waals surface area contributed by atoms with Gasteiger partial charge in [0.05, 0.1) is 38.2 Å². The van der Waals surface area contributed by atoms with Crippen molar-refractivity contribution in [1.29, 1.82) is 0 Å². The molecule has 13 heteroatoms. The Kier molecular flexibility index (Phi) is 14.9. The van der Waals surface area contributed by atoms with Crippen LogP contribution in [0.4, 0.5) is 9.59 Å². The number of imidazole rings is 1. The second-order valence-corrected chi connectivity index (χ2v) is 16.3. The van der Waals surface area contributed by atoms with E-state index in [1.807, 2.05) is 65.1 Å². The van der Waals surface area contributed by atoms with Gasteiger partial charge in [-0.1, -0.05) is 89.1 Å². The molecule has 2 aliphatic rings. The predicted molar refractivity (Wildman–Crippen MR) is 218 cm³/mol. The Balaban J connectivity index is 1.06. The van der Waals surface area contributed by atoms with Crippen molar-refractivity contribution in [3.05, 3.63) is 66.1 Å². The summed E-state index contributed by atoms with van der Waals surface area (Å²) in [7, 11) is 2.57. The highest BCUT2D eigenvalue weighted by molar-refractivity contribution is 5.92. The molecule has 308 valence electrons. The number of methoxy groups -OCH3 is 2. The van der Waals surface area contributed by atoms with Crippen molar-refractivity contribution in [2.24, 2.45) is 23.7 Å². The molecule has 1 aliphatic heterocycles. The van der Waals surface area contributed by atoms with Gasteiger partial charge in [-0.2, -0.15) is 0 Å². The van der Waals surface area contributed by atoms with Crippen molar-refractivity contribution in [2.45, 2.75) is 110 Å². The molecule has 2 aromatic carbocycles. The van der Waals surface area contributed by atoms with E-state index in [-0.39, 0.29) is 35.5 Å². The fourth-order valence-electron chi connectivity index (χ4n) is 7.82. The number of hydrogen-bond acceptors (Lipinski definition) is 8. The van der Waals surface area contributed by atoms with E-state index in [2.05, 4.69) is 54.9 Å². The quantitative estimate of drug-likeness (QED) is 0.100. The van der Waals surface area contributed by atoms with Gasteiger partial charge in [0.15, 0.2) is 5.78 Å². The van der Waals surface area contributed by atoms with Crippen LogP contribution in [-0.2, 0) is 30.3 Å². The molecule has 1 aromatic heterocycles. The number of amides is 4. The molecule has 0 radical (unpaired) electrons. The Labute approximate surface area is 336 Å². The molecule has 4 amide bonds. The molecule has 6 atom stereocenters. The van der Waals surface area contributed by atoms with Crippen molar-refractivity contribution < 1.29 is 33.4 Å². The Morgan fingerprint density at radius 1 is 0.789 bits per heavy atom. The first kappa shape index (κ1) is 42.9. The van der Waals surface area contributed by atoms with E-state index < -0.39 is 30.3 Å². The van der Waals surface area contributed by atoms with Crippen molar-refractivity contribution in [2.75, 3.05) is 20.8 Å². The number of carbonyl (C=O) groups is 5. The number of nitrogens with one attached hydrogen (secondary N) is 4. The van der Waals surface area contributed by atoms with Gasteiger partial charge in [-0.15, -0.1) is 0 Å². The predicted octanol–water partition coefficient (Wildman–Crippen LogP) is 6.98. The summed E-state index contributed by atoms with van der Waals surface area (Å²) >= 11 is 0. The number of alkyl carbamates (subject to hydrolysis) is 2. The molecular weight excluding hydrogens is 725 g/mol. The molecule has 1 saturated carbocycles. The minimum atomic E-state index is -0.777. The maximum absolute atomic E-state index is 13.4. The number of ketones is 1. The van der Waals surface area contributed by atoms with Gasteiger partial charge < -0.3 is 35.3 Å². The second kappa shape index (κ2) is 19.8. The molecule has 13 nitrogen and oxygen atoms in total. The lowest BCUT2D eigenvalue weighted by Crippen LogP contribution is -2.55. The number of rotatable bonds is 18. The number of aromatic nitrogens is 2. The largest absolute Gasteiger partial charge is 0.453 e. The molecule has 1 saturated heterocycles. The Hall–Kier alpha value is -5.20. The number of carbonyl (C=O) groups excluding carboxylic acids is 5. The third-order valence-corrected chi connectivity index (χ3v) is 11.4. The lowest BCUT2D eigenvalue weighted by molar-refractivity contribution is -0.141. The number of aromatic amines is 1. The van der Waals surface area contributed by atoms with E-state index in [0.717, 1.165) is 65.9 Å². The fraction of sp³-hybridized carbons (Fsp3) is 0.545. The number of nitrogens with zero attached hydrogens (tertiary/aromatic N) is 2. The molecule has 4 N–H and O–H groups in total. The first-order valence-corrected chi connectivity index (χ1v) is 20.4. The van der Waals surface area contributed by atoms with E-state index in [4.69, 9.17) is 4.74 Å². The van der Waals surface area contributed by atoms with Crippen molar-refractivity contribution in [1.82, 2.24) is 30.8 Å². The molecule has 2 fully saturated rings. The van der Waals surface area contributed by atoms with Gasteiger partial charge in [0.1, 0.15) is 17.9 Å². The Morgan fingerprint density at radius 3 is 2.00 bits per heavy atom. The van der Waals surface area contributed by atoms with Gasteiger partial charge in [-0.25, -0.2) is 14.6 Å². The third kappa shape index (κ3) is 11.4. The van der Waals surface area contributed by atoms with Crippen LogP contribution in [0.25, 0.3) is 22.4 Å². The summed E-state index contributed by atoms with van der Waals surface area (Å²) in [4.78, 5) is 72.8. The lowest BCUT2D eigenvalue weighted by atomic mass is 9.95. The Bertz CT molecular complexity index is 1840. The molecule has 3 aromatic rings. The molecule has 57 heavy (non-hydrogen) atoms. The van der Waals surface area contributed by atoms with E-state index in [1.54, 1.807) is 4.90 Å². The third-order valence-electron chi connectivity index (χ3n) is 11.4. The molecule has 2 heterocycles. The van der Waals surface area contributed by atoms with Crippen LogP contribution in [-0.4, -0.2) is 83.5 Å². The van der Waals surface area contributed by atoms with Crippen molar-refractivity contribution in [3.8, 4) is 22.4 Å². The van der Waals surface area contributed by atoms with E-state index in [0.29, 0.717) is 37.6 Å². The van der Waals surface area contributed by atoms with Crippen LogP contribution in [0.1, 0.15) is 97.0 Å². The zero-order chi connectivity index (χ0) is 41.2. The monoisotopic (exact) mass is 784 g/mol. The topological polar surface area (TPSA) is 172 Å². The first-order chi connectivity index (χ1) is 27.3. The van der Waals surface area contributed by atoms with Crippen LogP contribution in [0.15, 0.2) is 54.7 Å². The maximum atomic E-state index is 13.4. The fourth-order valence-corrected chi connectivity index (χ4v) is 7.82. The van der Waals surface area contributed by atoms with E-state index in [1.165, 1.54) is 14.2 Å². The van der Waals surface area contributed by atoms with Crippen LogP contribution in [0.3, 0.4) is 0 Å². The molecule has 0 spiro atoms. The van der Waals surface area contributed by atoms with Crippen LogP contribution in [0.5, 0.6) is 0 Å². The smallest absolute Gasteiger partial charge is 0.407 e. The van der Waals surface area contributed by atoms with Gasteiger partial charge in [0.2, 0.25) is 11.8 Å². The highest BCUT2D eigenvalue weighted by Gasteiger charge is 2.40. The highest BCUT2D eigenvalue weighted by Crippen LogP contribution is 2.45. The number of likely N-dealkylation sites (tertiary alicyclic amines) is 1. The number of hydrogen-bond donors (Lipinski definition) is 4. The number of unbranched alkanes of at least 4 members (excludes halogenated alkanes) is 1. The SMILES string of the molecule is COC(=O)NC(C(=O)CC1CC1CCCCc1ncc(-c2ccc(-c3ccc(C(C)NC(=O)C4CCCN4C(=O)C(NC(=O)OC)C(C)C)cc3)cc2)[nH]1)C(C)C. The molecule has 1 aliphatic carbocycles. The van der Waals surface area contributed by atoms with Gasteiger partial charge in [-0.3, -0.25) is 14.4 Å². The van der Waals surface area contributed by atoms with Crippen LogP contribution < -0.4 is 16.0 Å². The van der Waals surface area contributed by atoms with Crippen molar-refractivity contribution >= 4 is 29.8 Å². The summed E-state index contributed by atoms with van der Waals surface area (Å²) in [6.07, 6.45) is 7.56. The normalized spacial score (nSPS) is 19.1. The molecular formula is C44H60N6O7. The summed E-state index contributed by atoms with van der Waals surface area (Å²) < 4.78 is 9.39. The standard InChI is InChI=1S/C44H60N6O7/c1-26(2)39(48-43(54)56-6)37(51)24-34-23-33(34)11-8-9-13-38-45-25-35(47-38)32-20-18-31(19-21-32)30-16-14-29(15-17-30)28(5)46-41(52)36-12-10-22-50(36)42(53)40(27(3)4)49-44(55)57-7/h14-21,25-28,33-34,36,39-40H,8-13,22-24H2,1-7H3,(H,45,47)(H,46,52)(H,48,54)(H,49,55). The maximum Gasteiger partial charge on any atom is 0.407 e. The molecule has 0 bridgehead atoms. The first-order valence-electron chi connectivity index (χ1n) is 20.4. The summed E-state index contributed by atoms with van der Waals surface area (Å²) in [5.41, 5.74) is 5.10. The average molecular weight is 785 g/mol. The zero-order valence-electron chi connectivity index (χ0n) is 34.4. The summed E-state index contributed by atoms with van der Waals surface area (Å²) in [5.74, 6) is 1.38. The van der Waals surface area contributed by atoms with Crippen LogP contribution in [0.2, 0.25) is 0 Å². The van der Waals surface area contributed by atoms with Gasteiger partial charge in [0.25, 0.3) is 0 Å². The number of H-pyrrole nitrogens is 1. The highest BCUT2D eigenvalue weighted by atomic mass is 16.5. The van der Waals surface area contributed by atoms with Crippen LogP contribution >= 0.6 is 0 Å². The summed E-state index contributed by atoms with van der Waals surface area (Å²) in [6, 6.07) is 14.3. The van der Waals surface area contributed by atoms with E-state index in [9.17, 15) is 24.0 Å². The zero-order valence-corrected chi connectivity index (χ0v) is 34.4. The Morgan fingerprint density at radius 2 is 1.39 bits per heavy atom. The number of benzene rings is 2. The molecule has 6 unspecified atom stereocenters.